The van der Waals surface area contributed by atoms with Crippen molar-refractivity contribution < 1.29 is 56.6 Å². The summed E-state index contributed by atoms with van der Waals surface area (Å²) in [6.45, 7) is 10.4. The monoisotopic (exact) mass is 803 g/mol. The van der Waals surface area contributed by atoms with Crippen LogP contribution in [0.2, 0.25) is 0 Å². The molecule has 0 heterocycles. The second-order valence-electron chi connectivity index (χ2n) is 15.6. The van der Waals surface area contributed by atoms with Crippen molar-refractivity contribution in [1.29, 1.82) is 0 Å². The summed E-state index contributed by atoms with van der Waals surface area (Å²) in [5, 5.41) is 12.8. The predicted molar refractivity (Wildman–Crippen MR) is 207 cm³/mol. The molecule has 0 radical (unpaired) electrons. The average molecular weight is 804 g/mol. The highest BCUT2D eigenvalue weighted by atomic mass is 31.2. The van der Waals surface area contributed by atoms with Crippen LogP contribution in [0.4, 0.5) is 5.69 Å². The number of phenols is 1. The van der Waals surface area contributed by atoms with Crippen molar-refractivity contribution in [3.05, 3.63) is 47.0 Å². The van der Waals surface area contributed by atoms with Crippen molar-refractivity contribution in [1.82, 2.24) is 5.32 Å². The van der Waals surface area contributed by atoms with Crippen molar-refractivity contribution in [3.63, 3.8) is 0 Å². The molecule has 2 amide bonds. The molecule has 3 aliphatic carbocycles. The summed E-state index contributed by atoms with van der Waals surface area (Å²) in [5.74, 6) is -0.632. The molecule has 310 valence electrons. The maximum Gasteiger partial charge on any atom is 0.530 e. The number of rotatable bonds is 20. The van der Waals surface area contributed by atoms with Gasteiger partial charge in [-0.15, -0.1) is 0 Å². The first kappa shape index (κ1) is 43.4. The van der Waals surface area contributed by atoms with Crippen LogP contribution in [0.3, 0.4) is 0 Å². The topological polar surface area (TPSA) is 217 Å². The Bertz CT molecular complexity index is 1740. The van der Waals surface area contributed by atoms with Gasteiger partial charge in [0.25, 0.3) is 5.91 Å². The lowest BCUT2D eigenvalue weighted by Gasteiger charge is -2.50. The number of anilines is 1. The van der Waals surface area contributed by atoms with Crippen LogP contribution >= 0.6 is 7.82 Å². The van der Waals surface area contributed by atoms with E-state index in [0.29, 0.717) is 36.7 Å². The Morgan fingerprint density at radius 2 is 1.70 bits per heavy atom. The van der Waals surface area contributed by atoms with Gasteiger partial charge in [0.15, 0.2) is 5.75 Å². The SMILES string of the molecule is CC(C)OP(=O)(Oc1ccc2c(c1)CCC1C2CCC2(C)C(OCCC(=O)NCCOCCOCC(=O)Oc3ccc(N)c(O)c3C(N)=O)CCC12)OC(C)C. The number of carbonyl (C=O) groups is 3. The number of nitrogens with one attached hydrogen (secondary N) is 1. The van der Waals surface area contributed by atoms with Crippen molar-refractivity contribution in [2.45, 2.75) is 104 Å². The number of fused-ring (bicyclic) bond motifs is 5. The molecule has 2 saturated carbocycles. The van der Waals surface area contributed by atoms with Gasteiger partial charge in [-0.05, 0) is 125 Å². The Kier molecular flexibility index (Phi) is 14.8. The number of esters is 1. The van der Waals surface area contributed by atoms with Crippen LogP contribution in [0.15, 0.2) is 30.3 Å². The molecule has 56 heavy (non-hydrogen) atoms. The van der Waals surface area contributed by atoms with Gasteiger partial charge >= 0.3 is 13.8 Å². The van der Waals surface area contributed by atoms with E-state index in [0.717, 1.165) is 38.5 Å². The Labute approximate surface area is 329 Å². The van der Waals surface area contributed by atoms with E-state index in [1.165, 1.54) is 23.3 Å². The van der Waals surface area contributed by atoms with Gasteiger partial charge in [-0.2, -0.15) is 0 Å². The zero-order chi connectivity index (χ0) is 40.6. The highest BCUT2D eigenvalue weighted by molar-refractivity contribution is 7.49. The Balaban J connectivity index is 0.979. The van der Waals surface area contributed by atoms with E-state index < -0.39 is 37.6 Å². The smallest absolute Gasteiger partial charge is 0.505 e. The molecular formula is C40H58N3O12P. The van der Waals surface area contributed by atoms with Crippen LogP contribution in [-0.2, 0) is 43.8 Å². The lowest BCUT2D eigenvalue weighted by molar-refractivity contribution is -0.140. The number of phosphoric ester groups is 1. The van der Waals surface area contributed by atoms with Gasteiger partial charge in [-0.3, -0.25) is 18.6 Å². The van der Waals surface area contributed by atoms with Gasteiger partial charge in [-0.1, -0.05) is 13.0 Å². The van der Waals surface area contributed by atoms with Crippen molar-refractivity contribution in [3.8, 4) is 17.2 Å². The first-order valence-electron chi connectivity index (χ1n) is 19.5. The number of amides is 2. The number of phosphoric acid groups is 1. The van der Waals surface area contributed by atoms with Crippen molar-refractivity contribution >= 4 is 31.3 Å². The molecule has 15 nitrogen and oxygen atoms in total. The Morgan fingerprint density at radius 1 is 0.964 bits per heavy atom. The number of aromatic hydroxyl groups is 1. The van der Waals surface area contributed by atoms with Gasteiger partial charge in [0, 0.05) is 13.0 Å². The van der Waals surface area contributed by atoms with Crippen molar-refractivity contribution in [2.75, 3.05) is 45.3 Å². The van der Waals surface area contributed by atoms with Crippen LogP contribution in [0.1, 0.15) is 101 Å². The zero-order valence-electron chi connectivity index (χ0n) is 33.1. The number of hydrogen-bond acceptors (Lipinski definition) is 13. The number of nitrogen functional groups attached to an aromatic ring is 1. The van der Waals surface area contributed by atoms with Gasteiger partial charge < -0.3 is 45.4 Å². The van der Waals surface area contributed by atoms with Crippen LogP contribution < -0.4 is 26.0 Å². The molecule has 0 aliphatic heterocycles. The highest BCUT2D eigenvalue weighted by Gasteiger charge is 2.55. The number of ether oxygens (including phenoxy) is 4. The minimum atomic E-state index is -3.77. The Hall–Kier alpha value is -3.72. The molecule has 5 unspecified atom stereocenters. The average Bonchev–Trinajstić information content (AvgIpc) is 3.45. The molecule has 16 heteroatoms. The second kappa shape index (κ2) is 19.1. The highest BCUT2D eigenvalue weighted by Crippen LogP contribution is 2.62. The van der Waals surface area contributed by atoms with Gasteiger partial charge in [0.1, 0.15) is 23.7 Å². The van der Waals surface area contributed by atoms with Crippen molar-refractivity contribution in [2.24, 2.45) is 23.0 Å². The number of primary amides is 1. The van der Waals surface area contributed by atoms with E-state index in [1.54, 1.807) is 27.7 Å². The van der Waals surface area contributed by atoms with E-state index in [1.807, 2.05) is 12.1 Å². The lowest BCUT2D eigenvalue weighted by atomic mass is 9.55. The second-order valence-corrected chi connectivity index (χ2v) is 17.1. The number of nitrogens with two attached hydrogens (primary N) is 2. The number of aryl methyl sites for hydroxylation is 1. The summed E-state index contributed by atoms with van der Waals surface area (Å²) in [4.78, 5) is 36.3. The fourth-order valence-corrected chi connectivity index (χ4v) is 10.2. The molecule has 2 fully saturated rings. The summed E-state index contributed by atoms with van der Waals surface area (Å²) in [6.07, 6.45) is 5.97. The van der Waals surface area contributed by atoms with Crippen LogP contribution in [-0.4, -0.2) is 80.8 Å². The molecular weight excluding hydrogens is 745 g/mol. The third-order valence-corrected chi connectivity index (χ3v) is 12.8. The fourth-order valence-electron chi connectivity index (χ4n) is 8.64. The maximum absolute atomic E-state index is 13.4. The Morgan fingerprint density at radius 3 is 2.41 bits per heavy atom. The first-order valence-corrected chi connectivity index (χ1v) is 21.0. The molecule has 0 bridgehead atoms. The molecule has 5 rings (SSSR count). The number of benzene rings is 2. The molecule has 5 atom stereocenters. The largest absolute Gasteiger partial charge is 0.530 e. The van der Waals surface area contributed by atoms with E-state index in [2.05, 4.69) is 18.3 Å². The standard InChI is InChI=1S/C40H58N3O12P/c1-24(2)53-56(48,54-25(3)4)55-27-7-9-28-26(22-27)6-8-30-29(28)14-16-40(5)31(30)10-13-34(40)51-18-15-35(44)43-17-19-49-20-21-50-23-36(45)52-33-12-11-32(41)38(46)37(33)39(42)47/h7,9,11-12,22,24-25,29-31,34,46H,6,8,10,13-21,23,41H2,1-5H3,(H2,42,47)(H,43,44). The molecule has 0 spiro atoms. The van der Waals surface area contributed by atoms with E-state index in [4.69, 9.17) is 44.0 Å². The first-order chi connectivity index (χ1) is 26.6. The minimum absolute atomic E-state index is 0.0609. The summed E-state index contributed by atoms with van der Waals surface area (Å²) in [6, 6.07) is 8.58. The van der Waals surface area contributed by atoms with E-state index >= 15 is 0 Å². The third kappa shape index (κ3) is 10.8. The zero-order valence-corrected chi connectivity index (χ0v) is 34.0. The predicted octanol–water partition coefficient (Wildman–Crippen LogP) is 5.80. The molecule has 6 N–H and O–H groups in total. The minimum Gasteiger partial charge on any atom is -0.505 e. The van der Waals surface area contributed by atoms with E-state index in [9.17, 15) is 24.1 Å². The summed E-state index contributed by atoms with van der Waals surface area (Å²) in [7, 11) is -3.77. The summed E-state index contributed by atoms with van der Waals surface area (Å²) >= 11 is 0. The maximum atomic E-state index is 13.4. The quantitative estimate of drug-likeness (QED) is 0.0311. The molecule has 2 aromatic rings. The molecule has 0 saturated heterocycles. The normalized spacial score (nSPS) is 23.0. The fraction of sp³-hybridized carbons (Fsp3) is 0.625. The number of carbonyl (C=O) groups excluding carboxylic acids is 3. The third-order valence-electron chi connectivity index (χ3n) is 11.0. The van der Waals surface area contributed by atoms with Crippen LogP contribution in [0, 0.1) is 17.3 Å². The van der Waals surface area contributed by atoms with Gasteiger partial charge in [0.05, 0.1) is 50.4 Å². The molecule has 3 aliphatic rings. The van der Waals surface area contributed by atoms with Crippen LogP contribution in [0.25, 0.3) is 0 Å². The molecule has 2 aromatic carbocycles. The van der Waals surface area contributed by atoms with E-state index in [-0.39, 0.29) is 67.3 Å². The summed E-state index contributed by atoms with van der Waals surface area (Å²) in [5.41, 5.74) is 13.0. The number of hydrogen-bond donors (Lipinski definition) is 4. The summed E-state index contributed by atoms with van der Waals surface area (Å²) < 4.78 is 52.7. The lowest BCUT2D eigenvalue weighted by Crippen LogP contribution is -2.45. The van der Waals surface area contributed by atoms with Crippen LogP contribution in [0.5, 0.6) is 17.2 Å². The molecule has 0 aromatic heterocycles. The van der Waals surface area contributed by atoms with Gasteiger partial charge in [0.2, 0.25) is 5.91 Å². The van der Waals surface area contributed by atoms with Gasteiger partial charge in [-0.25, -0.2) is 9.36 Å².